The fourth-order valence-corrected chi connectivity index (χ4v) is 1.01. The SMILES string of the molecule is CC1=NC2N=CN=C2C(=O)N1. The molecule has 2 aliphatic heterocycles. The smallest absolute Gasteiger partial charge is 0.275 e. The van der Waals surface area contributed by atoms with Crippen LogP contribution in [0.1, 0.15) is 6.92 Å². The van der Waals surface area contributed by atoms with Crippen LogP contribution in [0.15, 0.2) is 15.0 Å². The van der Waals surface area contributed by atoms with Gasteiger partial charge in [0.2, 0.25) is 0 Å². The number of fused-ring (bicyclic) bond motifs is 1. The molecule has 11 heavy (non-hydrogen) atoms. The Bertz CT molecular complexity index is 302. The minimum Gasteiger partial charge on any atom is -0.309 e. The summed E-state index contributed by atoms with van der Waals surface area (Å²) in [6.07, 6.45) is 0.977. The Morgan fingerprint density at radius 2 is 2.45 bits per heavy atom. The summed E-state index contributed by atoms with van der Waals surface area (Å²) in [5.74, 6) is 0.401. The maximum atomic E-state index is 11.1. The van der Waals surface area contributed by atoms with Crippen molar-refractivity contribution in [2.45, 2.75) is 13.1 Å². The van der Waals surface area contributed by atoms with Crippen molar-refractivity contribution in [3.63, 3.8) is 0 Å². The van der Waals surface area contributed by atoms with E-state index < -0.39 is 0 Å². The van der Waals surface area contributed by atoms with Crippen molar-refractivity contribution < 1.29 is 4.79 Å². The first-order valence-corrected chi connectivity index (χ1v) is 3.22. The van der Waals surface area contributed by atoms with Crippen molar-refractivity contribution in [1.29, 1.82) is 0 Å². The standard InChI is InChI=1S/C6H6N4O/c1-3-9-5-4(6(11)10-3)7-2-8-5/h2,5H,1H3,(H,9,10,11). The quantitative estimate of drug-likeness (QED) is 0.489. The van der Waals surface area contributed by atoms with Crippen molar-refractivity contribution in [2.24, 2.45) is 15.0 Å². The zero-order chi connectivity index (χ0) is 7.84. The normalized spacial score (nSPS) is 27.4. The van der Waals surface area contributed by atoms with Crippen LogP contribution in [0.25, 0.3) is 0 Å². The van der Waals surface area contributed by atoms with E-state index in [1.54, 1.807) is 6.92 Å². The van der Waals surface area contributed by atoms with Gasteiger partial charge in [-0.25, -0.2) is 15.0 Å². The summed E-state index contributed by atoms with van der Waals surface area (Å²) >= 11 is 0. The third-order valence-electron chi connectivity index (χ3n) is 1.49. The van der Waals surface area contributed by atoms with Gasteiger partial charge in [-0.05, 0) is 6.92 Å². The minimum absolute atomic E-state index is 0.194. The average Bonchev–Trinajstić information content (AvgIpc) is 2.34. The van der Waals surface area contributed by atoms with Crippen LogP contribution in [-0.4, -0.2) is 30.0 Å². The molecule has 1 unspecified atom stereocenters. The highest BCUT2D eigenvalue weighted by Crippen LogP contribution is 2.07. The molecular weight excluding hydrogens is 144 g/mol. The summed E-state index contributed by atoms with van der Waals surface area (Å²) in [6.45, 7) is 1.72. The van der Waals surface area contributed by atoms with Gasteiger partial charge in [-0.1, -0.05) is 0 Å². The number of hydrogen-bond donors (Lipinski definition) is 1. The van der Waals surface area contributed by atoms with E-state index >= 15 is 0 Å². The summed E-state index contributed by atoms with van der Waals surface area (Å²) in [4.78, 5) is 22.8. The molecule has 1 amide bonds. The number of rotatable bonds is 0. The lowest BCUT2D eigenvalue weighted by atomic mass is 10.2. The molecule has 0 bridgehead atoms. The van der Waals surface area contributed by atoms with Gasteiger partial charge >= 0.3 is 0 Å². The van der Waals surface area contributed by atoms with Gasteiger partial charge in [-0.15, -0.1) is 0 Å². The number of carbonyl (C=O) groups is 1. The Morgan fingerprint density at radius 1 is 1.64 bits per heavy atom. The van der Waals surface area contributed by atoms with Gasteiger partial charge in [0.05, 0.1) is 0 Å². The largest absolute Gasteiger partial charge is 0.309 e. The van der Waals surface area contributed by atoms with Crippen LogP contribution in [0.2, 0.25) is 0 Å². The first-order valence-electron chi connectivity index (χ1n) is 3.22. The third-order valence-corrected chi connectivity index (χ3v) is 1.49. The molecule has 2 rings (SSSR count). The summed E-state index contributed by atoms with van der Waals surface area (Å²) in [6, 6.07) is 0. The number of aliphatic imine (C=N–C) groups is 3. The molecule has 0 saturated heterocycles. The molecule has 5 heteroatoms. The van der Waals surface area contributed by atoms with Crippen LogP contribution in [0, 0.1) is 0 Å². The fourth-order valence-electron chi connectivity index (χ4n) is 1.01. The molecule has 0 aliphatic carbocycles. The summed E-state index contributed by atoms with van der Waals surface area (Å²) in [5.41, 5.74) is 0.385. The van der Waals surface area contributed by atoms with Crippen LogP contribution in [0.4, 0.5) is 0 Å². The molecule has 0 aromatic rings. The predicted molar refractivity (Wildman–Crippen MR) is 41.0 cm³/mol. The summed E-state index contributed by atoms with van der Waals surface area (Å²) in [5, 5.41) is 2.55. The summed E-state index contributed by atoms with van der Waals surface area (Å²) in [7, 11) is 0. The Kier molecular flexibility index (Phi) is 1.12. The van der Waals surface area contributed by atoms with Crippen LogP contribution in [0.5, 0.6) is 0 Å². The third kappa shape index (κ3) is 0.849. The highest BCUT2D eigenvalue weighted by atomic mass is 16.2. The van der Waals surface area contributed by atoms with Crippen molar-refractivity contribution in [3.8, 4) is 0 Å². The zero-order valence-electron chi connectivity index (χ0n) is 5.90. The summed E-state index contributed by atoms with van der Waals surface area (Å²) < 4.78 is 0. The zero-order valence-corrected chi connectivity index (χ0v) is 5.90. The number of nitrogens with one attached hydrogen (secondary N) is 1. The van der Waals surface area contributed by atoms with E-state index in [-0.39, 0.29) is 12.1 Å². The minimum atomic E-state index is -0.385. The topological polar surface area (TPSA) is 66.2 Å². The first kappa shape index (κ1) is 6.21. The number of nitrogens with zero attached hydrogens (tertiary/aromatic N) is 3. The van der Waals surface area contributed by atoms with E-state index in [1.165, 1.54) is 6.34 Å². The molecule has 5 nitrogen and oxygen atoms in total. The Balaban J connectivity index is 2.42. The maximum absolute atomic E-state index is 11.1. The van der Waals surface area contributed by atoms with E-state index in [2.05, 4.69) is 20.3 Å². The van der Waals surface area contributed by atoms with E-state index in [1.807, 2.05) is 0 Å². The maximum Gasteiger partial charge on any atom is 0.275 e. The van der Waals surface area contributed by atoms with Gasteiger partial charge in [-0.2, -0.15) is 0 Å². The first-order chi connectivity index (χ1) is 5.27. The van der Waals surface area contributed by atoms with Crippen LogP contribution >= 0.6 is 0 Å². The second-order valence-electron chi connectivity index (χ2n) is 2.32. The average molecular weight is 150 g/mol. The molecule has 2 aliphatic rings. The lowest BCUT2D eigenvalue weighted by Crippen LogP contribution is -2.43. The number of carbonyl (C=O) groups excluding carboxylic acids is 1. The van der Waals surface area contributed by atoms with Crippen molar-refractivity contribution in [3.05, 3.63) is 0 Å². The van der Waals surface area contributed by atoms with E-state index in [4.69, 9.17) is 0 Å². The molecule has 0 spiro atoms. The molecule has 56 valence electrons. The second kappa shape index (κ2) is 1.98. The number of amidine groups is 1. The van der Waals surface area contributed by atoms with Gasteiger partial charge in [0.15, 0.2) is 11.9 Å². The van der Waals surface area contributed by atoms with Crippen LogP contribution in [0.3, 0.4) is 0 Å². The van der Waals surface area contributed by atoms with Crippen LogP contribution < -0.4 is 5.32 Å². The molecule has 0 radical (unpaired) electrons. The van der Waals surface area contributed by atoms with Crippen molar-refractivity contribution >= 4 is 23.8 Å². The molecule has 0 saturated carbocycles. The lowest BCUT2D eigenvalue weighted by Gasteiger charge is -2.13. The highest BCUT2D eigenvalue weighted by Gasteiger charge is 2.28. The molecular formula is C6H6N4O. The molecule has 0 aromatic carbocycles. The van der Waals surface area contributed by atoms with E-state index in [9.17, 15) is 4.79 Å². The lowest BCUT2D eigenvalue weighted by molar-refractivity contribution is -0.113. The molecule has 1 N–H and O–H groups in total. The monoisotopic (exact) mass is 150 g/mol. The van der Waals surface area contributed by atoms with E-state index in [0.717, 1.165) is 0 Å². The fraction of sp³-hybridized carbons (Fsp3) is 0.333. The van der Waals surface area contributed by atoms with Crippen molar-refractivity contribution in [2.75, 3.05) is 0 Å². The number of hydrogen-bond acceptors (Lipinski definition) is 4. The van der Waals surface area contributed by atoms with Crippen LogP contribution in [-0.2, 0) is 4.79 Å². The highest BCUT2D eigenvalue weighted by molar-refractivity contribution is 6.46. The van der Waals surface area contributed by atoms with E-state index in [0.29, 0.717) is 11.5 Å². The van der Waals surface area contributed by atoms with Gasteiger partial charge in [0.25, 0.3) is 5.91 Å². The Morgan fingerprint density at radius 3 is 3.27 bits per heavy atom. The predicted octanol–water partition coefficient (Wildman–Crippen LogP) is -0.656. The molecule has 1 atom stereocenters. The Labute approximate surface area is 62.9 Å². The van der Waals surface area contributed by atoms with Gasteiger partial charge in [0, 0.05) is 0 Å². The van der Waals surface area contributed by atoms with Gasteiger partial charge < -0.3 is 5.32 Å². The Hall–Kier alpha value is -1.52. The molecule has 0 fully saturated rings. The molecule has 0 aromatic heterocycles. The van der Waals surface area contributed by atoms with Gasteiger partial charge in [0.1, 0.15) is 12.2 Å². The number of amides is 1. The second-order valence-corrected chi connectivity index (χ2v) is 2.32. The van der Waals surface area contributed by atoms with Gasteiger partial charge in [-0.3, -0.25) is 4.79 Å². The molecule has 2 heterocycles. The van der Waals surface area contributed by atoms with Crippen molar-refractivity contribution in [1.82, 2.24) is 5.32 Å².